The smallest absolute Gasteiger partial charge is 0.220 e. The zero-order chi connectivity index (χ0) is 16.6. The molecule has 0 unspecified atom stereocenters. The van der Waals surface area contributed by atoms with Gasteiger partial charge in [0.15, 0.2) is 11.7 Å². The Kier molecular flexibility index (Phi) is 10.3. The molecule has 1 aromatic heterocycles. The van der Waals surface area contributed by atoms with Gasteiger partial charge >= 0.3 is 0 Å². The van der Waals surface area contributed by atoms with Gasteiger partial charge in [0.1, 0.15) is 0 Å². The van der Waals surface area contributed by atoms with E-state index in [-0.39, 0.29) is 30.7 Å². The topological polar surface area (TPSA) is 70.4 Å². The van der Waals surface area contributed by atoms with Crippen molar-refractivity contribution < 1.29 is 9.21 Å². The van der Waals surface area contributed by atoms with Crippen molar-refractivity contribution in [2.24, 2.45) is 0 Å². The van der Waals surface area contributed by atoms with Crippen LogP contribution in [0, 0.1) is 0 Å². The van der Waals surface area contributed by atoms with Gasteiger partial charge in [-0.05, 0) is 0 Å². The summed E-state index contributed by atoms with van der Waals surface area (Å²) in [7, 11) is 0. The molecule has 1 saturated heterocycles. The lowest BCUT2D eigenvalue weighted by Gasteiger charge is -2.27. The number of aryl methyl sites for hydroxylation is 1. The quantitative estimate of drug-likeness (QED) is 0.744. The minimum atomic E-state index is 0. The van der Waals surface area contributed by atoms with E-state index in [0.29, 0.717) is 25.3 Å². The van der Waals surface area contributed by atoms with Gasteiger partial charge in [0.25, 0.3) is 0 Å². The van der Waals surface area contributed by atoms with Crippen LogP contribution in [0.1, 0.15) is 12.3 Å². The Hall–Kier alpha value is -1.60. The summed E-state index contributed by atoms with van der Waals surface area (Å²) in [4.78, 5) is 18.5. The van der Waals surface area contributed by atoms with Crippen LogP contribution >= 0.6 is 24.8 Å². The summed E-state index contributed by atoms with van der Waals surface area (Å²) in [6.45, 7) is 5.76. The van der Waals surface area contributed by atoms with E-state index in [0.717, 1.165) is 44.0 Å². The van der Waals surface area contributed by atoms with Gasteiger partial charge in [-0.2, -0.15) is 0 Å². The average Bonchev–Trinajstić information content (AvgIpc) is 3.11. The van der Waals surface area contributed by atoms with E-state index < -0.39 is 0 Å². The summed E-state index contributed by atoms with van der Waals surface area (Å²) in [6.07, 6.45) is 2.63. The predicted molar refractivity (Wildman–Crippen MR) is 107 cm³/mol. The molecule has 1 fully saturated rings. The number of rotatable bonds is 7. The molecule has 3 rings (SSSR count). The molecule has 1 aromatic carbocycles. The SMILES string of the molecule is Cl.Cl.O=C(CCc1ncc(-c2ccccc2)o1)NCCN1CCNCC1. The van der Waals surface area contributed by atoms with Gasteiger partial charge in [-0.1, -0.05) is 30.3 Å². The van der Waals surface area contributed by atoms with Crippen molar-refractivity contribution in [1.29, 1.82) is 0 Å². The summed E-state index contributed by atoms with van der Waals surface area (Å²) in [5.41, 5.74) is 0.997. The molecule has 6 nitrogen and oxygen atoms in total. The van der Waals surface area contributed by atoms with Crippen LogP contribution in [0.15, 0.2) is 40.9 Å². The summed E-state index contributed by atoms with van der Waals surface area (Å²) in [5, 5.41) is 6.29. The van der Waals surface area contributed by atoms with Crippen LogP contribution in [-0.2, 0) is 11.2 Å². The zero-order valence-electron chi connectivity index (χ0n) is 14.6. The maximum Gasteiger partial charge on any atom is 0.220 e. The molecule has 0 aliphatic carbocycles. The maximum absolute atomic E-state index is 11.9. The molecule has 1 aliphatic heterocycles. The Bertz CT molecular complexity index is 646. The number of piperazine rings is 1. The Labute approximate surface area is 166 Å². The maximum atomic E-state index is 11.9. The zero-order valence-corrected chi connectivity index (χ0v) is 16.3. The van der Waals surface area contributed by atoms with Crippen molar-refractivity contribution in [2.45, 2.75) is 12.8 Å². The molecule has 2 aromatic rings. The van der Waals surface area contributed by atoms with Gasteiger partial charge in [0.2, 0.25) is 5.91 Å². The highest BCUT2D eigenvalue weighted by Gasteiger charge is 2.11. The third kappa shape index (κ3) is 6.96. The van der Waals surface area contributed by atoms with Gasteiger partial charge in [-0.25, -0.2) is 4.98 Å². The number of oxazole rings is 1. The molecule has 1 amide bonds. The van der Waals surface area contributed by atoms with Crippen LogP contribution in [0.3, 0.4) is 0 Å². The number of amides is 1. The highest BCUT2D eigenvalue weighted by atomic mass is 35.5. The molecule has 2 heterocycles. The molecule has 1 aliphatic rings. The largest absolute Gasteiger partial charge is 0.441 e. The number of nitrogens with zero attached hydrogens (tertiary/aromatic N) is 2. The number of nitrogens with one attached hydrogen (secondary N) is 2. The molecule has 26 heavy (non-hydrogen) atoms. The second-order valence-corrected chi connectivity index (χ2v) is 5.93. The lowest BCUT2D eigenvalue weighted by Crippen LogP contribution is -2.46. The highest BCUT2D eigenvalue weighted by molar-refractivity contribution is 5.85. The standard InChI is InChI=1S/C18H24N4O2.2ClH/c23-17(20-10-13-22-11-8-19-9-12-22)6-7-18-21-14-16(24-18)15-4-2-1-3-5-15;;/h1-5,14,19H,6-13H2,(H,20,23);2*1H. The molecular weight excluding hydrogens is 375 g/mol. The Morgan fingerprint density at radius 2 is 1.92 bits per heavy atom. The minimum absolute atomic E-state index is 0. The minimum Gasteiger partial charge on any atom is -0.441 e. The van der Waals surface area contributed by atoms with Gasteiger partial charge in [0.05, 0.1) is 6.20 Å². The van der Waals surface area contributed by atoms with Crippen LogP contribution in [-0.4, -0.2) is 55.1 Å². The fraction of sp³-hybridized carbons (Fsp3) is 0.444. The average molecular weight is 401 g/mol. The van der Waals surface area contributed by atoms with Gasteiger partial charge in [-0.3, -0.25) is 9.69 Å². The number of hydrogen-bond acceptors (Lipinski definition) is 5. The van der Waals surface area contributed by atoms with E-state index in [1.54, 1.807) is 6.20 Å². The molecule has 144 valence electrons. The van der Waals surface area contributed by atoms with Crippen LogP contribution in [0.25, 0.3) is 11.3 Å². The molecule has 0 bridgehead atoms. The highest BCUT2D eigenvalue weighted by Crippen LogP contribution is 2.20. The van der Waals surface area contributed by atoms with Crippen molar-refractivity contribution >= 4 is 30.7 Å². The van der Waals surface area contributed by atoms with E-state index in [1.807, 2.05) is 30.3 Å². The van der Waals surface area contributed by atoms with E-state index >= 15 is 0 Å². The van der Waals surface area contributed by atoms with Crippen LogP contribution in [0.2, 0.25) is 0 Å². The first kappa shape index (κ1) is 22.4. The van der Waals surface area contributed by atoms with Gasteiger partial charge < -0.3 is 15.1 Å². The Balaban J connectivity index is 0.00000169. The van der Waals surface area contributed by atoms with Crippen LogP contribution < -0.4 is 10.6 Å². The van der Waals surface area contributed by atoms with E-state index in [4.69, 9.17) is 4.42 Å². The first-order chi connectivity index (χ1) is 11.8. The number of carbonyl (C=O) groups excluding carboxylic acids is 1. The number of hydrogen-bond donors (Lipinski definition) is 2. The lowest BCUT2D eigenvalue weighted by molar-refractivity contribution is -0.121. The number of carbonyl (C=O) groups is 1. The molecule has 2 N–H and O–H groups in total. The lowest BCUT2D eigenvalue weighted by atomic mass is 10.2. The molecule has 0 radical (unpaired) electrons. The van der Waals surface area contributed by atoms with E-state index in [2.05, 4.69) is 20.5 Å². The number of halogens is 2. The molecule has 0 atom stereocenters. The predicted octanol–water partition coefficient (Wildman–Crippen LogP) is 2.14. The first-order valence-corrected chi connectivity index (χ1v) is 8.51. The van der Waals surface area contributed by atoms with Crippen molar-refractivity contribution in [3.63, 3.8) is 0 Å². The van der Waals surface area contributed by atoms with Crippen LogP contribution in [0.4, 0.5) is 0 Å². The third-order valence-electron chi connectivity index (χ3n) is 4.14. The number of benzene rings is 1. The summed E-state index contributed by atoms with van der Waals surface area (Å²) in [6, 6.07) is 9.85. The van der Waals surface area contributed by atoms with Gasteiger partial charge in [-0.15, -0.1) is 24.8 Å². The molecule has 0 saturated carbocycles. The Morgan fingerprint density at radius 3 is 2.65 bits per heavy atom. The monoisotopic (exact) mass is 400 g/mol. The summed E-state index contributed by atoms with van der Waals surface area (Å²) >= 11 is 0. The molecule has 0 spiro atoms. The second-order valence-electron chi connectivity index (χ2n) is 5.93. The van der Waals surface area contributed by atoms with Crippen molar-refractivity contribution in [1.82, 2.24) is 20.5 Å². The number of aromatic nitrogens is 1. The van der Waals surface area contributed by atoms with E-state index in [9.17, 15) is 4.79 Å². The fourth-order valence-corrected chi connectivity index (χ4v) is 2.76. The summed E-state index contributed by atoms with van der Waals surface area (Å²) < 4.78 is 5.71. The summed E-state index contributed by atoms with van der Waals surface area (Å²) in [5.74, 6) is 1.39. The van der Waals surface area contributed by atoms with Crippen molar-refractivity contribution in [2.75, 3.05) is 39.3 Å². The van der Waals surface area contributed by atoms with Crippen molar-refractivity contribution in [3.05, 3.63) is 42.4 Å². The normalized spacial score (nSPS) is 14.2. The fourth-order valence-electron chi connectivity index (χ4n) is 2.76. The van der Waals surface area contributed by atoms with Crippen LogP contribution in [0.5, 0.6) is 0 Å². The van der Waals surface area contributed by atoms with Crippen molar-refractivity contribution in [3.8, 4) is 11.3 Å². The van der Waals surface area contributed by atoms with Gasteiger partial charge in [0, 0.05) is 57.7 Å². The third-order valence-corrected chi connectivity index (χ3v) is 4.14. The molecule has 8 heteroatoms. The molecular formula is C18H26Cl2N4O2. The second kappa shape index (κ2) is 11.9. The first-order valence-electron chi connectivity index (χ1n) is 8.51. The van der Waals surface area contributed by atoms with E-state index in [1.165, 1.54) is 0 Å². The Morgan fingerprint density at radius 1 is 1.19 bits per heavy atom.